The van der Waals surface area contributed by atoms with Gasteiger partial charge < -0.3 is 0 Å². The molecular formula is C12H22NS+. The van der Waals surface area contributed by atoms with Crippen molar-refractivity contribution in [1.29, 1.82) is 0 Å². The van der Waals surface area contributed by atoms with E-state index in [0.717, 1.165) is 0 Å². The Bertz CT molecular complexity index is 265. The maximum atomic E-state index is 2.39. The molecule has 0 saturated heterocycles. The molecule has 1 heterocycles. The third kappa shape index (κ3) is 3.41. The fraction of sp³-hybridized carbons (Fsp3) is 0.750. The van der Waals surface area contributed by atoms with Crippen LogP contribution in [0.4, 0.5) is 0 Å². The molecule has 0 unspecified atom stereocenters. The van der Waals surface area contributed by atoms with Crippen molar-refractivity contribution in [2.75, 3.05) is 0 Å². The molecule has 0 spiro atoms. The van der Waals surface area contributed by atoms with E-state index in [1.165, 1.54) is 49.2 Å². The van der Waals surface area contributed by atoms with Crippen LogP contribution in [0.2, 0.25) is 0 Å². The van der Waals surface area contributed by atoms with E-state index in [4.69, 9.17) is 0 Å². The standard InChI is InChI=1S/C12H22NS/c1-4-5-6-7-8-9-13-10-14-12(3)11(13)2/h10H,4-9H2,1-3H3/q+1. The Balaban J connectivity index is 2.21. The van der Waals surface area contributed by atoms with Crippen molar-refractivity contribution < 1.29 is 4.57 Å². The van der Waals surface area contributed by atoms with Crippen LogP contribution in [-0.2, 0) is 6.54 Å². The van der Waals surface area contributed by atoms with Gasteiger partial charge in [-0.3, -0.25) is 0 Å². The molecule has 0 saturated carbocycles. The van der Waals surface area contributed by atoms with Crippen molar-refractivity contribution >= 4 is 11.3 Å². The quantitative estimate of drug-likeness (QED) is 0.501. The largest absolute Gasteiger partial charge is 0.225 e. The van der Waals surface area contributed by atoms with Crippen molar-refractivity contribution in [2.45, 2.75) is 59.4 Å². The van der Waals surface area contributed by atoms with E-state index < -0.39 is 0 Å². The molecule has 0 atom stereocenters. The van der Waals surface area contributed by atoms with Gasteiger partial charge in [-0.1, -0.05) is 37.5 Å². The average Bonchev–Trinajstić information content (AvgIpc) is 2.49. The van der Waals surface area contributed by atoms with Gasteiger partial charge in [0.25, 0.3) is 0 Å². The zero-order chi connectivity index (χ0) is 10.4. The number of rotatable bonds is 6. The fourth-order valence-electron chi connectivity index (χ4n) is 1.62. The lowest BCUT2D eigenvalue weighted by atomic mass is 10.1. The van der Waals surface area contributed by atoms with Gasteiger partial charge in [0.2, 0.25) is 5.51 Å². The molecule has 0 radical (unpaired) electrons. The lowest BCUT2D eigenvalue weighted by Crippen LogP contribution is -2.34. The summed E-state index contributed by atoms with van der Waals surface area (Å²) in [5, 5.41) is 0. The van der Waals surface area contributed by atoms with E-state index in [-0.39, 0.29) is 0 Å². The highest BCUT2D eigenvalue weighted by molar-refractivity contribution is 7.09. The molecule has 0 amide bonds. The van der Waals surface area contributed by atoms with Crippen LogP contribution in [0.1, 0.15) is 49.6 Å². The van der Waals surface area contributed by atoms with Crippen LogP contribution < -0.4 is 4.57 Å². The van der Waals surface area contributed by atoms with Gasteiger partial charge in [-0.2, -0.15) is 4.57 Å². The van der Waals surface area contributed by atoms with Crippen molar-refractivity contribution in [1.82, 2.24) is 0 Å². The third-order valence-corrected chi connectivity index (χ3v) is 3.81. The van der Waals surface area contributed by atoms with Gasteiger partial charge in [-0.15, -0.1) is 0 Å². The Hall–Kier alpha value is -0.370. The smallest absolute Gasteiger partial charge is 0.193 e. The van der Waals surface area contributed by atoms with Crippen LogP contribution >= 0.6 is 11.3 Å². The van der Waals surface area contributed by atoms with E-state index >= 15 is 0 Å². The second-order valence-corrected chi connectivity index (χ2v) is 5.03. The van der Waals surface area contributed by atoms with Crippen LogP contribution in [0.15, 0.2) is 5.51 Å². The van der Waals surface area contributed by atoms with Gasteiger partial charge in [0.1, 0.15) is 6.54 Å². The maximum absolute atomic E-state index is 2.39. The normalized spacial score (nSPS) is 10.8. The molecule has 0 aliphatic carbocycles. The highest BCUT2D eigenvalue weighted by Gasteiger charge is 2.10. The predicted molar refractivity (Wildman–Crippen MR) is 62.7 cm³/mol. The minimum absolute atomic E-state index is 1.21. The Labute approximate surface area is 91.8 Å². The van der Waals surface area contributed by atoms with Crippen LogP contribution in [-0.4, -0.2) is 0 Å². The number of nitrogens with zero attached hydrogens (tertiary/aromatic N) is 1. The number of hydrogen-bond acceptors (Lipinski definition) is 1. The summed E-state index contributed by atoms with van der Waals surface area (Å²) in [6, 6.07) is 0. The van der Waals surface area contributed by atoms with Gasteiger partial charge in [-0.05, 0) is 13.3 Å². The zero-order valence-electron chi connectivity index (χ0n) is 9.68. The highest BCUT2D eigenvalue weighted by Crippen LogP contribution is 2.09. The topological polar surface area (TPSA) is 3.88 Å². The molecule has 0 fully saturated rings. The molecule has 1 rings (SSSR count). The number of unbranched alkanes of at least 4 members (excludes halogenated alkanes) is 4. The van der Waals surface area contributed by atoms with Gasteiger partial charge in [-0.25, -0.2) is 0 Å². The summed E-state index contributed by atoms with van der Waals surface area (Å²) < 4.78 is 2.39. The highest BCUT2D eigenvalue weighted by atomic mass is 32.1. The molecule has 0 bridgehead atoms. The Morgan fingerprint density at radius 1 is 1.14 bits per heavy atom. The first-order valence-electron chi connectivity index (χ1n) is 5.69. The number of hydrogen-bond donors (Lipinski definition) is 0. The lowest BCUT2D eigenvalue weighted by Gasteiger charge is -1.97. The fourth-order valence-corrected chi connectivity index (χ4v) is 2.45. The number of thiazole rings is 1. The van der Waals surface area contributed by atoms with Crippen molar-refractivity contribution in [3.63, 3.8) is 0 Å². The second kappa shape index (κ2) is 6.18. The summed E-state index contributed by atoms with van der Waals surface area (Å²) in [6.45, 7) is 7.90. The van der Waals surface area contributed by atoms with Crippen molar-refractivity contribution in [2.24, 2.45) is 0 Å². The van der Waals surface area contributed by atoms with Crippen LogP contribution in [0, 0.1) is 13.8 Å². The summed E-state index contributed by atoms with van der Waals surface area (Å²) in [4.78, 5) is 1.46. The Morgan fingerprint density at radius 3 is 2.43 bits per heavy atom. The molecule has 14 heavy (non-hydrogen) atoms. The lowest BCUT2D eigenvalue weighted by molar-refractivity contribution is -0.698. The van der Waals surface area contributed by atoms with Gasteiger partial charge in [0.05, 0.1) is 4.88 Å². The molecule has 80 valence electrons. The van der Waals surface area contributed by atoms with E-state index in [1.54, 1.807) is 0 Å². The van der Waals surface area contributed by atoms with Gasteiger partial charge >= 0.3 is 0 Å². The van der Waals surface area contributed by atoms with Crippen molar-refractivity contribution in [3.8, 4) is 0 Å². The minimum Gasteiger partial charge on any atom is -0.193 e. The molecule has 1 nitrogen and oxygen atoms in total. The van der Waals surface area contributed by atoms with Crippen LogP contribution in [0.3, 0.4) is 0 Å². The first-order valence-corrected chi connectivity index (χ1v) is 6.57. The first kappa shape index (κ1) is 11.7. The molecule has 2 heteroatoms. The Morgan fingerprint density at radius 2 is 1.86 bits per heavy atom. The van der Waals surface area contributed by atoms with Crippen LogP contribution in [0.5, 0.6) is 0 Å². The maximum Gasteiger partial charge on any atom is 0.225 e. The summed E-state index contributed by atoms with van der Waals surface area (Å²) >= 11 is 1.86. The summed E-state index contributed by atoms with van der Waals surface area (Å²) in [5.41, 5.74) is 3.70. The van der Waals surface area contributed by atoms with Gasteiger partial charge in [0.15, 0.2) is 5.69 Å². The number of aromatic nitrogens is 1. The van der Waals surface area contributed by atoms with Crippen LogP contribution in [0.25, 0.3) is 0 Å². The summed E-state index contributed by atoms with van der Waals surface area (Å²) in [7, 11) is 0. The number of aryl methyl sites for hydroxylation is 2. The molecule has 0 aliphatic heterocycles. The molecule has 1 aromatic heterocycles. The van der Waals surface area contributed by atoms with Gasteiger partial charge in [0, 0.05) is 13.3 Å². The SMILES string of the molecule is CCCCCCC[n+]1csc(C)c1C. The molecule has 1 aromatic rings. The van der Waals surface area contributed by atoms with E-state index in [2.05, 4.69) is 30.8 Å². The second-order valence-electron chi connectivity index (χ2n) is 3.97. The summed E-state index contributed by atoms with van der Waals surface area (Å²) in [5.74, 6) is 0. The van der Waals surface area contributed by atoms with E-state index in [9.17, 15) is 0 Å². The first-order chi connectivity index (χ1) is 6.75. The zero-order valence-corrected chi connectivity index (χ0v) is 10.5. The predicted octanol–water partition coefficient (Wildman–Crippen LogP) is 3.62. The molecule has 0 aliphatic rings. The van der Waals surface area contributed by atoms with E-state index in [1.807, 2.05) is 11.3 Å². The van der Waals surface area contributed by atoms with E-state index in [0.29, 0.717) is 0 Å². The summed E-state index contributed by atoms with van der Waals surface area (Å²) in [6.07, 6.45) is 6.85. The monoisotopic (exact) mass is 212 g/mol. The van der Waals surface area contributed by atoms with Crippen molar-refractivity contribution in [3.05, 3.63) is 16.1 Å². The minimum atomic E-state index is 1.21. The molecular weight excluding hydrogens is 190 g/mol. The Kier molecular flexibility index (Phi) is 5.16. The molecule has 0 N–H and O–H groups in total. The third-order valence-electron chi connectivity index (χ3n) is 2.80. The molecule has 0 aromatic carbocycles. The average molecular weight is 212 g/mol.